The zero-order valence-electron chi connectivity index (χ0n) is 33.1. The second kappa shape index (κ2) is 18.9. The molecule has 0 aliphatic carbocycles. The standard InChI is InChI=1S/C49H36Cl2N4O8/c50-38-25-36(47(58)45-33(38)20-11-23-52-45)43(54-41(56)27-61-29-13-3-1-4-14-29)31-17-7-8-18-32(31)49(60)63-40-22-10-9-19-35(40)44(55-42(57)28-62-30-15-5-2-6-16-30)37-26-39(51)34-21-12-24-53-46(34)48(37)59/h1-26,43-44,58-59H,27-28H2,(H,54,56)(H,55,57). The van der Waals surface area contributed by atoms with Crippen LogP contribution in [0.15, 0.2) is 158 Å². The molecule has 0 saturated carbocycles. The van der Waals surface area contributed by atoms with Crippen LogP contribution in [-0.2, 0) is 9.59 Å². The smallest absolute Gasteiger partial charge is 0.343 e. The Kier molecular flexibility index (Phi) is 12.6. The van der Waals surface area contributed by atoms with Gasteiger partial charge in [-0.15, -0.1) is 0 Å². The lowest BCUT2D eigenvalue weighted by Gasteiger charge is -2.25. The van der Waals surface area contributed by atoms with E-state index in [0.29, 0.717) is 22.3 Å². The normalized spacial score (nSPS) is 12.0. The molecule has 14 heteroatoms. The van der Waals surface area contributed by atoms with Gasteiger partial charge in [0.1, 0.15) is 39.8 Å². The fraction of sp³-hybridized carbons (Fsp3) is 0.0816. The number of phenols is 2. The number of amides is 2. The predicted molar refractivity (Wildman–Crippen MR) is 239 cm³/mol. The topological polar surface area (TPSA) is 169 Å². The Bertz CT molecular complexity index is 2970. The number of pyridine rings is 2. The third-order valence-electron chi connectivity index (χ3n) is 10.1. The molecule has 0 fully saturated rings. The first-order chi connectivity index (χ1) is 30.7. The summed E-state index contributed by atoms with van der Waals surface area (Å²) in [6.07, 6.45) is 3.01. The quantitative estimate of drug-likeness (QED) is 0.0610. The van der Waals surface area contributed by atoms with Gasteiger partial charge in [0, 0.05) is 39.9 Å². The molecule has 0 saturated heterocycles. The summed E-state index contributed by atoms with van der Waals surface area (Å²) >= 11 is 13.5. The number of phenolic OH excluding ortho intramolecular Hbond substituents is 2. The zero-order chi connectivity index (χ0) is 43.9. The summed E-state index contributed by atoms with van der Waals surface area (Å²) in [5, 5.41) is 30.6. The summed E-state index contributed by atoms with van der Waals surface area (Å²) in [6, 6.07) is 37.9. The van der Waals surface area contributed by atoms with Gasteiger partial charge in [-0.25, -0.2) is 4.79 Å². The summed E-state index contributed by atoms with van der Waals surface area (Å²) in [5.41, 5.74) is 1.21. The molecule has 6 aromatic carbocycles. The lowest BCUT2D eigenvalue weighted by atomic mass is 9.92. The summed E-state index contributed by atoms with van der Waals surface area (Å²) in [5.74, 6) is -1.58. The van der Waals surface area contributed by atoms with Crippen molar-refractivity contribution in [2.45, 2.75) is 12.1 Å². The molecule has 63 heavy (non-hydrogen) atoms. The van der Waals surface area contributed by atoms with Crippen molar-refractivity contribution in [3.8, 4) is 28.7 Å². The number of fused-ring (bicyclic) bond motifs is 2. The first-order valence-corrected chi connectivity index (χ1v) is 20.3. The van der Waals surface area contributed by atoms with Crippen LogP contribution in [0.4, 0.5) is 0 Å². The Balaban J connectivity index is 1.17. The van der Waals surface area contributed by atoms with E-state index < -0.39 is 36.5 Å². The molecule has 0 spiro atoms. The number of esters is 1. The number of carbonyl (C=O) groups is 3. The maximum absolute atomic E-state index is 14.6. The predicted octanol–water partition coefficient (Wildman–Crippen LogP) is 9.29. The van der Waals surface area contributed by atoms with E-state index in [-0.39, 0.29) is 72.8 Å². The monoisotopic (exact) mass is 878 g/mol. The number of halogens is 2. The fourth-order valence-electron chi connectivity index (χ4n) is 7.14. The number of nitrogens with one attached hydrogen (secondary N) is 2. The lowest BCUT2D eigenvalue weighted by Crippen LogP contribution is -2.34. The van der Waals surface area contributed by atoms with Gasteiger partial charge in [-0.2, -0.15) is 0 Å². The van der Waals surface area contributed by atoms with Crippen molar-refractivity contribution in [2.75, 3.05) is 13.2 Å². The highest BCUT2D eigenvalue weighted by atomic mass is 35.5. The van der Waals surface area contributed by atoms with E-state index in [1.165, 1.54) is 36.7 Å². The molecule has 0 bridgehead atoms. The molecule has 2 unspecified atom stereocenters. The summed E-state index contributed by atoms with van der Waals surface area (Å²) in [4.78, 5) is 50.5. The van der Waals surface area contributed by atoms with Gasteiger partial charge >= 0.3 is 5.97 Å². The van der Waals surface area contributed by atoms with Crippen molar-refractivity contribution in [2.24, 2.45) is 0 Å². The number of benzene rings is 6. The maximum atomic E-state index is 14.6. The third-order valence-corrected chi connectivity index (χ3v) is 10.7. The average Bonchev–Trinajstić information content (AvgIpc) is 3.32. The van der Waals surface area contributed by atoms with E-state index >= 15 is 0 Å². The number of aromatic nitrogens is 2. The molecule has 0 radical (unpaired) electrons. The van der Waals surface area contributed by atoms with Gasteiger partial charge in [0.05, 0.1) is 27.7 Å². The van der Waals surface area contributed by atoms with Gasteiger partial charge in [0.2, 0.25) is 0 Å². The highest BCUT2D eigenvalue weighted by Crippen LogP contribution is 2.42. The van der Waals surface area contributed by atoms with Crippen LogP contribution in [0.1, 0.15) is 44.7 Å². The van der Waals surface area contributed by atoms with Crippen LogP contribution in [0.25, 0.3) is 21.8 Å². The Labute approximate surface area is 370 Å². The Morgan fingerprint density at radius 1 is 0.540 bits per heavy atom. The van der Waals surface area contributed by atoms with Crippen molar-refractivity contribution in [1.82, 2.24) is 20.6 Å². The maximum Gasteiger partial charge on any atom is 0.343 e. The van der Waals surface area contributed by atoms with Crippen molar-refractivity contribution in [1.29, 1.82) is 0 Å². The molecule has 314 valence electrons. The van der Waals surface area contributed by atoms with Crippen molar-refractivity contribution in [3.05, 3.63) is 196 Å². The number of hydrogen-bond acceptors (Lipinski definition) is 10. The molecule has 4 N–H and O–H groups in total. The molecule has 2 heterocycles. The number of hydrogen-bond donors (Lipinski definition) is 4. The number of aromatic hydroxyl groups is 2. The molecule has 2 amide bonds. The minimum absolute atomic E-state index is 0.0101. The van der Waals surface area contributed by atoms with Gasteiger partial charge in [-0.1, -0.05) is 96.0 Å². The van der Waals surface area contributed by atoms with Gasteiger partial charge in [-0.05, 0) is 78.4 Å². The van der Waals surface area contributed by atoms with E-state index in [1.54, 1.807) is 109 Å². The fourth-order valence-corrected chi connectivity index (χ4v) is 7.68. The summed E-state index contributed by atoms with van der Waals surface area (Å²) in [6.45, 7) is -0.785. The van der Waals surface area contributed by atoms with Gasteiger partial charge in [0.25, 0.3) is 11.8 Å². The number of nitrogens with zero attached hydrogens (tertiary/aromatic N) is 2. The lowest BCUT2D eigenvalue weighted by molar-refractivity contribution is -0.124. The van der Waals surface area contributed by atoms with Gasteiger partial charge in [0.15, 0.2) is 13.2 Å². The number of ether oxygens (including phenoxy) is 3. The number of carbonyl (C=O) groups excluding carboxylic acids is 3. The van der Waals surface area contributed by atoms with E-state index in [9.17, 15) is 24.6 Å². The second-order valence-electron chi connectivity index (χ2n) is 14.1. The minimum Gasteiger partial charge on any atom is -0.505 e. The van der Waals surface area contributed by atoms with Crippen LogP contribution in [0.2, 0.25) is 10.0 Å². The van der Waals surface area contributed by atoms with Gasteiger partial charge in [-0.3, -0.25) is 19.6 Å². The molecular formula is C49H36Cl2N4O8. The number of rotatable bonds is 14. The molecule has 8 rings (SSSR count). The average molecular weight is 880 g/mol. The molecule has 0 aliphatic heterocycles. The van der Waals surface area contributed by atoms with Crippen LogP contribution in [-0.4, -0.2) is 51.2 Å². The molecule has 8 aromatic rings. The number of para-hydroxylation sites is 3. The van der Waals surface area contributed by atoms with Crippen molar-refractivity contribution >= 4 is 62.8 Å². The van der Waals surface area contributed by atoms with E-state index in [2.05, 4.69) is 20.6 Å². The highest BCUT2D eigenvalue weighted by molar-refractivity contribution is 6.36. The second-order valence-corrected chi connectivity index (χ2v) is 14.9. The van der Waals surface area contributed by atoms with Crippen molar-refractivity contribution in [3.63, 3.8) is 0 Å². The van der Waals surface area contributed by atoms with Crippen LogP contribution in [0.3, 0.4) is 0 Å². The SMILES string of the molecule is O=C(COc1ccccc1)NC(c1ccccc1OC(=O)c1ccccc1C(NC(=O)COc1ccccc1)c1cc(Cl)c2cccnc2c1O)c1cc(Cl)c2cccnc2c1O. The van der Waals surface area contributed by atoms with Crippen LogP contribution >= 0.6 is 23.2 Å². The Hall–Kier alpha value is -7.67. The van der Waals surface area contributed by atoms with E-state index in [4.69, 9.17) is 37.4 Å². The molecular weight excluding hydrogens is 843 g/mol. The highest BCUT2D eigenvalue weighted by Gasteiger charge is 2.30. The molecule has 2 aromatic heterocycles. The van der Waals surface area contributed by atoms with E-state index in [0.717, 1.165) is 0 Å². The first kappa shape index (κ1) is 42.0. The molecule has 12 nitrogen and oxygen atoms in total. The van der Waals surface area contributed by atoms with Crippen LogP contribution < -0.4 is 24.8 Å². The van der Waals surface area contributed by atoms with Gasteiger partial charge < -0.3 is 35.1 Å². The molecule has 2 atom stereocenters. The molecule has 0 aliphatic rings. The van der Waals surface area contributed by atoms with Crippen LogP contribution in [0, 0.1) is 0 Å². The largest absolute Gasteiger partial charge is 0.505 e. The van der Waals surface area contributed by atoms with Crippen molar-refractivity contribution < 1.29 is 38.8 Å². The third kappa shape index (κ3) is 9.32. The summed E-state index contributed by atoms with van der Waals surface area (Å²) in [7, 11) is 0. The summed E-state index contributed by atoms with van der Waals surface area (Å²) < 4.78 is 17.6. The Morgan fingerprint density at radius 2 is 0.984 bits per heavy atom. The zero-order valence-corrected chi connectivity index (χ0v) is 34.6. The Morgan fingerprint density at radius 3 is 1.51 bits per heavy atom. The van der Waals surface area contributed by atoms with Crippen LogP contribution in [0.5, 0.6) is 28.7 Å². The van der Waals surface area contributed by atoms with E-state index in [1.807, 2.05) is 12.1 Å². The first-order valence-electron chi connectivity index (χ1n) is 19.5. The minimum atomic E-state index is -1.18.